The van der Waals surface area contributed by atoms with Gasteiger partial charge in [-0.25, -0.2) is 9.59 Å². The number of carboxylic acid groups (broad SMARTS) is 1. The lowest BCUT2D eigenvalue weighted by Crippen LogP contribution is -2.01. The van der Waals surface area contributed by atoms with Gasteiger partial charge in [0.25, 0.3) is 0 Å². The molecule has 0 aliphatic carbocycles. The summed E-state index contributed by atoms with van der Waals surface area (Å²) in [5.74, 6) is -1.16. The van der Waals surface area contributed by atoms with Crippen molar-refractivity contribution in [2.45, 2.75) is 97.3 Å². The highest BCUT2D eigenvalue weighted by Gasteiger charge is 2.02. The van der Waals surface area contributed by atoms with Gasteiger partial charge in [0.15, 0.2) is 0 Å². The average Bonchev–Trinajstić information content (AvgIpc) is 2.63. The third-order valence-corrected chi connectivity index (χ3v) is 4.04. The molecule has 0 bridgehead atoms. The summed E-state index contributed by atoms with van der Waals surface area (Å²) < 4.78 is 4.84. The summed E-state index contributed by atoms with van der Waals surface area (Å²) in [5, 5.41) is 8.52. The van der Waals surface area contributed by atoms with Gasteiger partial charge in [-0.2, -0.15) is 0 Å². The maximum absolute atomic E-state index is 10.6. The molecule has 0 rings (SSSR count). The van der Waals surface area contributed by atoms with Crippen molar-refractivity contribution in [2.75, 3.05) is 6.61 Å². The molecular formula is C22H40O4. The van der Waals surface area contributed by atoms with Crippen LogP contribution in [-0.4, -0.2) is 23.7 Å². The maximum atomic E-state index is 10.6. The Hall–Kier alpha value is -1.58. The van der Waals surface area contributed by atoms with Gasteiger partial charge in [0.05, 0.1) is 6.61 Å². The van der Waals surface area contributed by atoms with Crippen LogP contribution >= 0.6 is 0 Å². The molecule has 4 heteroatoms. The number of carbonyl (C=O) groups is 2. The molecule has 1 N–H and O–H groups in total. The third-order valence-electron chi connectivity index (χ3n) is 4.04. The highest BCUT2D eigenvalue weighted by molar-refractivity contribution is 5.85. The molecule has 0 saturated carbocycles. The van der Waals surface area contributed by atoms with E-state index in [0.29, 0.717) is 18.6 Å². The van der Waals surface area contributed by atoms with Crippen LogP contribution in [0.5, 0.6) is 0 Å². The van der Waals surface area contributed by atoms with E-state index in [0.717, 1.165) is 25.7 Å². The second kappa shape index (κ2) is 21.5. The van der Waals surface area contributed by atoms with Gasteiger partial charge in [-0.05, 0) is 19.3 Å². The van der Waals surface area contributed by atoms with Gasteiger partial charge in [0, 0.05) is 11.6 Å². The predicted octanol–water partition coefficient (Wildman–Crippen LogP) is 6.45. The molecule has 0 aliphatic rings. The lowest BCUT2D eigenvalue weighted by atomic mass is 10.1. The standard InChI is InChI=1S/2C11H20O2/c1-3-4-5-6-7-8-9-10(2)11(12)13;1-3-5-6-7-8-9-10-13-11(12)4-2/h2-9H2,1H3,(H,12,13);4H,2-3,5-10H2,1H3. The Bertz CT molecular complexity index is 372. The van der Waals surface area contributed by atoms with E-state index < -0.39 is 5.97 Å². The molecule has 0 aromatic carbocycles. The van der Waals surface area contributed by atoms with E-state index in [-0.39, 0.29) is 5.97 Å². The number of rotatable bonds is 16. The van der Waals surface area contributed by atoms with Gasteiger partial charge in [0.1, 0.15) is 0 Å². The van der Waals surface area contributed by atoms with E-state index in [4.69, 9.17) is 9.84 Å². The fourth-order valence-electron chi connectivity index (χ4n) is 2.34. The number of carbonyl (C=O) groups excluding carboxylic acids is 1. The van der Waals surface area contributed by atoms with E-state index in [1.807, 2.05) is 0 Å². The molecule has 26 heavy (non-hydrogen) atoms. The van der Waals surface area contributed by atoms with Crippen molar-refractivity contribution in [3.63, 3.8) is 0 Å². The molecule has 0 heterocycles. The number of hydrogen-bond acceptors (Lipinski definition) is 3. The largest absolute Gasteiger partial charge is 0.478 e. The van der Waals surface area contributed by atoms with Crippen molar-refractivity contribution in [1.82, 2.24) is 0 Å². The molecule has 0 spiro atoms. The number of carboxylic acids is 1. The van der Waals surface area contributed by atoms with Gasteiger partial charge in [-0.3, -0.25) is 0 Å². The smallest absolute Gasteiger partial charge is 0.330 e. The van der Waals surface area contributed by atoms with Crippen LogP contribution in [0, 0.1) is 0 Å². The zero-order valence-corrected chi connectivity index (χ0v) is 17.1. The SMILES string of the molecule is C=C(CCCCCCCC)C(=O)O.C=CC(=O)OCCCCCCCC. The number of esters is 1. The minimum Gasteiger partial charge on any atom is -0.478 e. The molecule has 0 aromatic heterocycles. The fourth-order valence-corrected chi connectivity index (χ4v) is 2.34. The molecule has 0 aliphatic heterocycles. The first-order valence-corrected chi connectivity index (χ1v) is 10.2. The van der Waals surface area contributed by atoms with Crippen molar-refractivity contribution in [1.29, 1.82) is 0 Å². The Morgan fingerprint density at radius 1 is 0.846 bits per heavy atom. The summed E-state index contributed by atoms with van der Waals surface area (Å²) >= 11 is 0. The Kier molecular flexibility index (Phi) is 22.0. The topological polar surface area (TPSA) is 63.6 Å². The van der Waals surface area contributed by atoms with Crippen LogP contribution in [0.3, 0.4) is 0 Å². The van der Waals surface area contributed by atoms with Crippen LogP contribution in [0.15, 0.2) is 24.8 Å². The van der Waals surface area contributed by atoms with Gasteiger partial charge >= 0.3 is 11.9 Å². The van der Waals surface area contributed by atoms with Crippen molar-refractivity contribution < 1.29 is 19.4 Å². The van der Waals surface area contributed by atoms with Crippen molar-refractivity contribution in [3.05, 3.63) is 24.8 Å². The van der Waals surface area contributed by atoms with Crippen molar-refractivity contribution in [2.24, 2.45) is 0 Å². The van der Waals surface area contributed by atoms with E-state index in [2.05, 4.69) is 27.0 Å². The Labute approximate surface area is 160 Å². The van der Waals surface area contributed by atoms with Crippen molar-refractivity contribution in [3.8, 4) is 0 Å². The van der Waals surface area contributed by atoms with Crippen LogP contribution in [0.1, 0.15) is 97.3 Å². The molecule has 0 fully saturated rings. The molecule has 0 saturated heterocycles. The number of hydrogen-bond donors (Lipinski definition) is 1. The Balaban J connectivity index is 0. The van der Waals surface area contributed by atoms with E-state index in [9.17, 15) is 9.59 Å². The zero-order valence-electron chi connectivity index (χ0n) is 17.1. The van der Waals surface area contributed by atoms with Crippen LogP contribution in [0.2, 0.25) is 0 Å². The summed E-state index contributed by atoms with van der Waals surface area (Å²) in [4.78, 5) is 21.0. The lowest BCUT2D eigenvalue weighted by molar-refractivity contribution is -0.138. The molecule has 0 amide bonds. The summed E-state index contributed by atoms with van der Waals surface area (Å²) in [5.41, 5.74) is 0.343. The van der Waals surface area contributed by atoms with E-state index in [1.54, 1.807) is 0 Å². The minimum absolute atomic E-state index is 0.312. The van der Waals surface area contributed by atoms with Crippen LogP contribution in [-0.2, 0) is 14.3 Å². The monoisotopic (exact) mass is 368 g/mol. The van der Waals surface area contributed by atoms with E-state index >= 15 is 0 Å². The molecule has 0 atom stereocenters. The quantitative estimate of drug-likeness (QED) is 0.193. The molecule has 4 nitrogen and oxygen atoms in total. The van der Waals surface area contributed by atoms with Crippen molar-refractivity contribution >= 4 is 11.9 Å². The summed E-state index contributed by atoms with van der Waals surface area (Å²) in [6.45, 7) is 11.7. The second-order valence-corrected chi connectivity index (χ2v) is 6.57. The number of unbranched alkanes of at least 4 members (excludes halogenated alkanes) is 10. The molecular weight excluding hydrogens is 328 g/mol. The highest BCUT2D eigenvalue weighted by atomic mass is 16.5. The first-order valence-electron chi connectivity index (χ1n) is 10.2. The Morgan fingerprint density at radius 2 is 1.31 bits per heavy atom. The van der Waals surface area contributed by atoms with Gasteiger partial charge in [-0.1, -0.05) is 91.2 Å². The molecule has 152 valence electrons. The minimum atomic E-state index is -0.853. The van der Waals surface area contributed by atoms with Crippen LogP contribution < -0.4 is 0 Å². The summed E-state index contributed by atoms with van der Waals surface area (Å²) in [7, 11) is 0. The summed E-state index contributed by atoms with van der Waals surface area (Å²) in [6, 6.07) is 0. The maximum Gasteiger partial charge on any atom is 0.330 e. The van der Waals surface area contributed by atoms with Crippen LogP contribution in [0.25, 0.3) is 0 Å². The van der Waals surface area contributed by atoms with Gasteiger partial charge < -0.3 is 9.84 Å². The number of ether oxygens (including phenoxy) is 1. The second-order valence-electron chi connectivity index (χ2n) is 6.57. The summed E-state index contributed by atoms with van der Waals surface area (Å²) in [6.07, 6.45) is 16.2. The normalized spacial score (nSPS) is 9.77. The first kappa shape index (κ1) is 26.6. The highest BCUT2D eigenvalue weighted by Crippen LogP contribution is 2.10. The Morgan fingerprint density at radius 3 is 1.77 bits per heavy atom. The third kappa shape index (κ3) is 22.4. The van der Waals surface area contributed by atoms with E-state index in [1.165, 1.54) is 57.4 Å². The van der Waals surface area contributed by atoms with Gasteiger partial charge in [-0.15, -0.1) is 0 Å². The molecule has 0 unspecified atom stereocenters. The average molecular weight is 369 g/mol. The molecule has 0 aromatic rings. The molecule has 0 radical (unpaired) electrons. The lowest BCUT2D eigenvalue weighted by Gasteiger charge is -2.01. The first-order chi connectivity index (χ1) is 12.5. The predicted molar refractivity (Wildman–Crippen MR) is 109 cm³/mol. The number of aliphatic carboxylic acids is 1. The fraction of sp³-hybridized carbons (Fsp3) is 0.727. The zero-order chi connectivity index (χ0) is 20.0. The van der Waals surface area contributed by atoms with Gasteiger partial charge in [0.2, 0.25) is 0 Å². The van der Waals surface area contributed by atoms with Crippen LogP contribution in [0.4, 0.5) is 0 Å².